The molecule has 562 valence electrons. The topological polar surface area (TPSA) is 11.6 Å². The van der Waals surface area contributed by atoms with Crippen LogP contribution < -0.4 is 29.3 Å². The van der Waals surface area contributed by atoms with Gasteiger partial charge >= 0.3 is 0 Å². The Morgan fingerprint density at radius 3 is 0.905 bits per heavy atom. The highest BCUT2D eigenvalue weighted by atomic mass is 28.3. The molecule has 0 atom stereocenters. The number of pyridine rings is 3. The van der Waals surface area contributed by atoms with E-state index >= 15 is 0 Å². The monoisotopic (exact) mass is 1460 g/mol. The Kier molecular flexibility index (Phi) is 22.8. The number of aromatic nitrogens is 3. The minimum atomic E-state index is -1.83. The lowest BCUT2D eigenvalue weighted by Gasteiger charge is -2.50. The van der Waals surface area contributed by atoms with Crippen LogP contribution in [0.1, 0.15) is 296 Å². The van der Waals surface area contributed by atoms with Crippen molar-refractivity contribution in [1.82, 2.24) is 0 Å². The van der Waals surface area contributed by atoms with Crippen LogP contribution in [0.5, 0.6) is 0 Å². The zero-order valence-electron chi connectivity index (χ0n) is 71.7. The lowest BCUT2D eigenvalue weighted by molar-refractivity contribution is -0.659. The van der Waals surface area contributed by atoms with Crippen molar-refractivity contribution in [3.05, 3.63) is 178 Å². The van der Waals surface area contributed by atoms with Crippen molar-refractivity contribution in [1.29, 1.82) is 0 Å². The van der Waals surface area contributed by atoms with Gasteiger partial charge in [0.2, 0.25) is 17.1 Å². The van der Waals surface area contributed by atoms with E-state index in [1.54, 1.807) is 32.3 Å². The van der Waals surface area contributed by atoms with Crippen molar-refractivity contribution in [2.45, 2.75) is 329 Å². The predicted octanol–water partition coefficient (Wildman–Crippen LogP) is 26.5. The molecule has 6 heteroatoms. The summed E-state index contributed by atoms with van der Waals surface area (Å²) >= 11 is 0. The third kappa shape index (κ3) is 15.1. The van der Waals surface area contributed by atoms with Crippen molar-refractivity contribution in [2.75, 3.05) is 0 Å². The first-order valence-electron chi connectivity index (χ1n) is 41.6. The molecule has 6 aromatic carbocycles. The van der Waals surface area contributed by atoms with E-state index in [0.717, 1.165) is 23.7 Å². The molecule has 0 N–H and O–H groups in total. The fraction of sp³-hybridized carbons (Fsp3) is 0.545. The number of benzene rings is 6. The van der Waals surface area contributed by atoms with Crippen LogP contribution >= 0.6 is 0 Å². The number of rotatable bonds is 10. The molecule has 13 rings (SSSR count). The number of nitrogens with zero attached hydrogens (tertiary/aromatic N) is 3. The number of hydrogen-bond donors (Lipinski definition) is 0. The van der Waals surface area contributed by atoms with Crippen molar-refractivity contribution in [3.8, 4) is 33.8 Å². The molecule has 3 heterocycles. The van der Waals surface area contributed by atoms with Gasteiger partial charge in [-0.2, -0.15) is 0 Å². The standard InChI is InChI=1S/C36H52NSi.C32H46NSi.C31H44NSi/c1-25-32(27-16-12-13-17-27)23-29(26-14-10-11-15-26)24-33(25)34-31-19-18-30(22-28(31)20-21-37(34)8)38(9,35(2,3)4)36(5,6)7;1-22-19-26(24-13-11-12-14-24)21-29(23(22)2)30-28-16-15-27(20-25(28)17-18-33(30)9)34(10,31(3,4)5)32(6,7)8;1-22-14-15-24(23-12-10-11-13-23)21-28(22)29-27-17-16-26(20-25(27)18-19-32(29)8)33(9,30(2,3)4)31(5,6)7/h18-24,26-27H,10-17H2,1-9H3;15-21,24H,11-14H2,1-10H3;14-21,23H,10-13H2,1-9H3/q3*+1. The highest BCUT2D eigenvalue weighted by Crippen LogP contribution is 2.55. The Labute approximate surface area is 643 Å². The molecule has 3 nitrogen and oxygen atoms in total. The van der Waals surface area contributed by atoms with E-state index in [-0.39, 0.29) is 30.2 Å². The first-order chi connectivity index (χ1) is 48.9. The molecule has 4 aliphatic carbocycles. The smallest absolute Gasteiger partial charge is 0.200 e. The number of fused-ring (bicyclic) bond motifs is 3. The summed E-state index contributed by atoms with van der Waals surface area (Å²) in [6.45, 7) is 61.3. The second kappa shape index (κ2) is 29.9. The van der Waals surface area contributed by atoms with Gasteiger partial charge in [0.05, 0.1) is 51.5 Å². The van der Waals surface area contributed by atoms with E-state index in [2.05, 4.69) is 341 Å². The second-order valence-corrected chi connectivity index (χ2v) is 58.4. The van der Waals surface area contributed by atoms with E-state index in [0.29, 0.717) is 0 Å². The molecule has 0 bridgehead atoms. The Bertz CT molecular complexity index is 4610. The van der Waals surface area contributed by atoms with Crippen molar-refractivity contribution < 1.29 is 13.7 Å². The van der Waals surface area contributed by atoms with Crippen LogP contribution in [-0.4, -0.2) is 24.2 Å². The Morgan fingerprint density at radius 2 is 0.571 bits per heavy atom. The van der Waals surface area contributed by atoms with Gasteiger partial charge in [0.15, 0.2) is 18.6 Å². The van der Waals surface area contributed by atoms with Crippen LogP contribution in [0.3, 0.4) is 0 Å². The van der Waals surface area contributed by atoms with Gasteiger partial charge in [-0.05, 0) is 230 Å². The van der Waals surface area contributed by atoms with Gasteiger partial charge in [-0.3, -0.25) is 0 Å². The number of hydrogen-bond acceptors (Lipinski definition) is 0. The molecule has 3 aromatic heterocycles. The van der Waals surface area contributed by atoms with E-state index < -0.39 is 24.2 Å². The Hall–Kier alpha value is -5.80. The highest BCUT2D eigenvalue weighted by Gasteiger charge is 2.53. The summed E-state index contributed by atoms with van der Waals surface area (Å²) in [5.41, 5.74) is 20.5. The maximum atomic E-state index is 2.64. The van der Waals surface area contributed by atoms with Crippen LogP contribution in [0.4, 0.5) is 0 Å². The SMILES string of the molecule is Cc1c(-c2c3ccc([Si](C)(C(C)(C)C)C(C)(C)C)cc3cc[n+]2C)cc(C2CCCC2)cc1C1CCCC1.Cc1cc(C2CCCC2)cc(-c2c3ccc([Si](C)(C(C)(C)C)C(C)(C)C)cc3cc[n+]2C)c1C.Cc1ccc(C2CCCC2)cc1-c1c2ccc([Si](C)(C(C)(C)C)C(C)(C)C)cc2cc[n+]1C. The summed E-state index contributed by atoms with van der Waals surface area (Å²) in [6, 6.07) is 46.8. The molecule has 105 heavy (non-hydrogen) atoms. The molecule has 0 spiro atoms. The largest absolute Gasteiger partial charge is 0.220 e. The molecule has 0 aliphatic heterocycles. The van der Waals surface area contributed by atoms with E-state index in [1.807, 2.05) is 0 Å². The molecule has 0 unspecified atom stereocenters. The average molecular weight is 1460 g/mol. The van der Waals surface area contributed by atoms with Gasteiger partial charge in [0.25, 0.3) is 0 Å². The molecular formula is C99H142N3Si3+3. The molecule has 4 fully saturated rings. The van der Waals surface area contributed by atoms with Crippen LogP contribution in [0.15, 0.2) is 134 Å². The lowest BCUT2D eigenvalue weighted by atomic mass is 9.84. The molecule has 0 radical (unpaired) electrons. The predicted molar refractivity (Wildman–Crippen MR) is 468 cm³/mol. The van der Waals surface area contributed by atoms with Gasteiger partial charge in [-0.1, -0.05) is 272 Å². The average Bonchev–Trinajstić information content (AvgIpc) is 1.05. The molecule has 4 saturated carbocycles. The van der Waals surface area contributed by atoms with Crippen molar-refractivity contribution in [2.24, 2.45) is 21.1 Å². The zero-order chi connectivity index (χ0) is 76.7. The van der Waals surface area contributed by atoms with Crippen molar-refractivity contribution in [3.63, 3.8) is 0 Å². The second-order valence-electron chi connectivity index (χ2n) is 40.9. The summed E-state index contributed by atoms with van der Waals surface area (Å²) in [5.74, 6) is 2.95. The van der Waals surface area contributed by atoms with Crippen LogP contribution in [-0.2, 0) is 21.1 Å². The molecule has 9 aromatic rings. The van der Waals surface area contributed by atoms with E-state index in [1.165, 1.54) is 197 Å². The molecule has 0 amide bonds. The molecule has 4 aliphatic rings. The maximum Gasteiger partial charge on any atom is 0.220 e. The van der Waals surface area contributed by atoms with Gasteiger partial charge in [0, 0.05) is 23.8 Å². The summed E-state index contributed by atoms with van der Waals surface area (Å²) in [7, 11) is 1.23. The quantitative estimate of drug-likeness (QED) is 0.0955. The third-order valence-corrected chi connectivity index (χ3v) is 52.0. The Morgan fingerprint density at radius 1 is 0.286 bits per heavy atom. The van der Waals surface area contributed by atoms with Gasteiger partial charge in [-0.25, -0.2) is 13.7 Å². The van der Waals surface area contributed by atoms with Crippen LogP contribution in [0, 0.1) is 27.7 Å². The van der Waals surface area contributed by atoms with E-state index in [9.17, 15) is 0 Å². The first-order valence-corrected chi connectivity index (χ1v) is 49.1. The third-order valence-electron chi connectivity index (χ3n) is 29.6. The van der Waals surface area contributed by atoms with Crippen LogP contribution in [0.2, 0.25) is 49.9 Å². The maximum absolute atomic E-state index is 2.64. The summed E-state index contributed by atoms with van der Waals surface area (Å²) in [5, 5.41) is 14.7. The van der Waals surface area contributed by atoms with Gasteiger partial charge in [-0.15, -0.1) is 0 Å². The van der Waals surface area contributed by atoms with Gasteiger partial charge < -0.3 is 0 Å². The van der Waals surface area contributed by atoms with Gasteiger partial charge in [0.1, 0.15) is 21.1 Å². The summed E-state index contributed by atoms with van der Waals surface area (Å²) < 4.78 is 7.06. The summed E-state index contributed by atoms with van der Waals surface area (Å²) in [6.07, 6.45) is 28.7. The first kappa shape index (κ1) is 80.2. The lowest BCUT2D eigenvalue weighted by Crippen LogP contribution is -2.58. The normalized spacial score (nSPS) is 16.8. The van der Waals surface area contributed by atoms with Crippen LogP contribution in [0.25, 0.3) is 66.1 Å². The number of aryl methyl sites for hydroxylation is 5. The fourth-order valence-electron chi connectivity index (χ4n) is 21.2. The van der Waals surface area contributed by atoms with E-state index in [4.69, 9.17) is 0 Å². The highest BCUT2D eigenvalue weighted by molar-refractivity contribution is 6.96. The molecule has 0 saturated heterocycles. The zero-order valence-corrected chi connectivity index (χ0v) is 74.7. The van der Waals surface area contributed by atoms with Crippen molar-refractivity contribution >= 4 is 72.1 Å². The minimum Gasteiger partial charge on any atom is -0.200 e. The molecular weight excluding hydrogens is 1320 g/mol. The minimum absolute atomic E-state index is 0.281. The Balaban J connectivity index is 0.000000158. The fourth-order valence-corrected chi connectivity index (χ4v) is 35.8. The summed E-state index contributed by atoms with van der Waals surface area (Å²) in [4.78, 5) is 0.